The molecule has 140 valence electrons. The molecule has 1 fully saturated rings. The minimum atomic E-state index is -3.46. The predicted molar refractivity (Wildman–Crippen MR) is 111 cm³/mol. The van der Waals surface area contributed by atoms with E-state index in [9.17, 15) is 8.42 Å². The molecular formula is C21H29NO2SSi. The highest BCUT2D eigenvalue weighted by molar-refractivity contribution is 7.89. The fourth-order valence-corrected chi connectivity index (χ4v) is 7.50. The predicted octanol–water partition coefficient (Wildman–Crippen LogP) is 4.88. The van der Waals surface area contributed by atoms with Gasteiger partial charge in [-0.15, -0.1) is 0 Å². The maximum Gasteiger partial charge on any atom is 0.243 e. The fraction of sp³-hybridized carbons (Fsp3) is 0.429. The number of rotatable bonds is 5. The average Bonchev–Trinajstić information content (AvgIpc) is 2.99. The van der Waals surface area contributed by atoms with Crippen molar-refractivity contribution in [3.63, 3.8) is 0 Å². The monoisotopic (exact) mass is 387 g/mol. The Morgan fingerprint density at radius 2 is 1.62 bits per heavy atom. The highest BCUT2D eigenvalue weighted by Gasteiger charge is 2.42. The molecule has 0 bridgehead atoms. The summed E-state index contributed by atoms with van der Waals surface area (Å²) < 4.78 is 28.5. The lowest BCUT2D eigenvalue weighted by atomic mass is 9.97. The highest BCUT2D eigenvalue weighted by Crippen LogP contribution is 2.38. The first kappa shape index (κ1) is 19.3. The molecule has 26 heavy (non-hydrogen) atoms. The van der Waals surface area contributed by atoms with Gasteiger partial charge in [0.2, 0.25) is 10.0 Å². The second kappa shape index (κ2) is 7.29. The third-order valence-corrected chi connectivity index (χ3v) is 8.74. The van der Waals surface area contributed by atoms with Crippen molar-refractivity contribution in [1.82, 2.24) is 4.31 Å². The smallest absolute Gasteiger partial charge is 0.207 e. The van der Waals surface area contributed by atoms with Crippen LogP contribution in [0.3, 0.4) is 0 Å². The number of nitrogens with zero attached hydrogens (tertiary/aromatic N) is 1. The Balaban J connectivity index is 1.94. The van der Waals surface area contributed by atoms with Crippen molar-refractivity contribution in [1.29, 1.82) is 0 Å². The summed E-state index contributed by atoms with van der Waals surface area (Å²) in [5, 5.41) is 0. The van der Waals surface area contributed by atoms with Crippen molar-refractivity contribution in [2.24, 2.45) is 0 Å². The van der Waals surface area contributed by atoms with E-state index in [4.69, 9.17) is 0 Å². The van der Waals surface area contributed by atoms with Gasteiger partial charge in [-0.2, -0.15) is 4.31 Å². The largest absolute Gasteiger partial charge is 0.243 e. The molecule has 1 heterocycles. The number of hydrogen-bond donors (Lipinski definition) is 0. The Kier molecular flexibility index (Phi) is 5.42. The summed E-state index contributed by atoms with van der Waals surface area (Å²) in [6.07, 6.45) is 0.916. The highest BCUT2D eigenvalue weighted by atomic mass is 32.2. The van der Waals surface area contributed by atoms with E-state index in [0.717, 1.165) is 18.0 Å². The molecule has 0 saturated carbocycles. The lowest BCUT2D eigenvalue weighted by molar-refractivity contribution is 0.405. The average molecular weight is 388 g/mol. The first-order valence-corrected chi connectivity index (χ1v) is 14.4. The summed E-state index contributed by atoms with van der Waals surface area (Å²) >= 11 is 0. The van der Waals surface area contributed by atoms with E-state index >= 15 is 0 Å². The number of benzene rings is 2. The molecule has 0 amide bonds. The summed E-state index contributed by atoms with van der Waals surface area (Å²) in [6, 6.07) is 18.7. The first-order valence-electron chi connectivity index (χ1n) is 9.30. The van der Waals surface area contributed by atoms with Crippen LogP contribution >= 0.6 is 0 Å². The number of hydrogen-bond acceptors (Lipinski definition) is 2. The molecule has 5 heteroatoms. The minimum absolute atomic E-state index is 0.0955. The van der Waals surface area contributed by atoms with E-state index in [2.05, 4.69) is 31.8 Å². The lowest BCUT2D eigenvalue weighted by Crippen LogP contribution is -2.40. The Hall–Kier alpha value is -1.43. The molecule has 1 saturated heterocycles. The van der Waals surface area contributed by atoms with Crippen LogP contribution in [0.4, 0.5) is 0 Å². The summed E-state index contributed by atoms with van der Waals surface area (Å²) in [7, 11) is -4.85. The SMILES string of the molecule is Cc1ccc(S(=O)(=O)N2CC(c3ccccc3)CC2C[Si](C)(C)C)cc1. The zero-order chi connectivity index (χ0) is 18.9. The normalized spacial score (nSPS) is 21.8. The first-order chi connectivity index (χ1) is 12.2. The second-order valence-electron chi connectivity index (χ2n) is 8.65. The van der Waals surface area contributed by atoms with Gasteiger partial charge in [-0.05, 0) is 43.0 Å². The van der Waals surface area contributed by atoms with Crippen LogP contribution in [-0.2, 0) is 10.0 Å². The van der Waals surface area contributed by atoms with Crippen molar-refractivity contribution in [3.05, 3.63) is 65.7 Å². The van der Waals surface area contributed by atoms with Gasteiger partial charge >= 0.3 is 0 Å². The van der Waals surface area contributed by atoms with Gasteiger partial charge in [-0.1, -0.05) is 67.7 Å². The zero-order valence-corrected chi connectivity index (χ0v) is 18.0. The summed E-state index contributed by atoms with van der Waals surface area (Å²) in [4.78, 5) is 0.414. The molecule has 0 aliphatic carbocycles. The van der Waals surface area contributed by atoms with E-state index in [-0.39, 0.29) is 12.0 Å². The van der Waals surface area contributed by atoms with Crippen LogP contribution in [-0.4, -0.2) is 33.4 Å². The molecule has 3 nitrogen and oxygen atoms in total. The van der Waals surface area contributed by atoms with Crippen LogP contribution in [0.25, 0.3) is 0 Å². The summed E-state index contributed by atoms with van der Waals surface area (Å²) in [6.45, 7) is 9.51. The Morgan fingerprint density at radius 3 is 2.19 bits per heavy atom. The van der Waals surface area contributed by atoms with Crippen LogP contribution in [0.2, 0.25) is 25.7 Å². The Labute approximate surface area is 159 Å². The maximum absolute atomic E-state index is 13.4. The zero-order valence-electron chi connectivity index (χ0n) is 16.1. The molecule has 2 atom stereocenters. The molecule has 2 aromatic rings. The fourth-order valence-electron chi connectivity index (χ4n) is 3.89. The van der Waals surface area contributed by atoms with Crippen LogP contribution in [0.1, 0.15) is 23.5 Å². The van der Waals surface area contributed by atoms with Gasteiger partial charge in [-0.3, -0.25) is 0 Å². The number of aryl methyl sites for hydroxylation is 1. The van der Waals surface area contributed by atoms with Crippen LogP contribution in [0.5, 0.6) is 0 Å². The third kappa shape index (κ3) is 4.27. The molecule has 1 aliphatic rings. The molecule has 0 radical (unpaired) electrons. The standard InChI is InChI=1S/C21H29NO2SSi/c1-17-10-12-21(13-11-17)25(23,24)22-15-19(18-8-6-5-7-9-18)14-20(22)16-26(2,3)4/h5-13,19-20H,14-16H2,1-4H3. The molecule has 2 unspecified atom stereocenters. The van der Waals surface area contributed by atoms with Crippen LogP contribution < -0.4 is 0 Å². The van der Waals surface area contributed by atoms with E-state index in [1.807, 2.05) is 37.3 Å². The van der Waals surface area contributed by atoms with E-state index in [0.29, 0.717) is 11.4 Å². The van der Waals surface area contributed by atoms with Gasteiger partial charge < -0.3 is 0 Å². The lowest BCUT2D eigenvalue weighted by Gasteiger charge is -2.28. The molecule has 0 aromatic heterocycles. The molecule has 2 aromatic carbocycles. The van der Waals surface area contributed by atoms with Crippen LogP contribution in [0.15, 0.2) is 59.5 Å². The molecule has 0 N–H and O–H groups in total. The van der Waals surface area contributed by atoms with Crippen LogP contribution in [0, 0.1) is 6.92 Å². The van der Waals surface area contributed by atoms with Crippen molar-refractivity contribution in [2.45, 2.75) is 55.9 Å². The molecule has 0 spiro atoms. The molecule has 1 aliphatic heterocycles. The summed E-state index contributed by atoms with van der Waals surface area (Å²) in [5.41, 5.74) is 2.32. The van der Waals surface area contributed by atoms with E-state index in [1.165, 1.54) is 5.56 Å². The van der Waals surface area contributed by atoms with E-state index in [1.54, 1.807) is 16.4 Å². The second-order valence-corrected chi connectivity index (χ2v) is 16.1. The van der Waals surface area contributed by atoms with Gasteiger partial charge in [-0.25, -0.2) is 8.42 Å². The van der Waals surface area contributed by atoms with Gasteiger partial charge in [0.1, 0.15) is 0 Å². The van der Waals surface area contributed by atoms with Gasteiger partial charge in [0.25, 0.3) is 0 Å². The summed E-state index contributed by atoms with van der Waals surface area (Å²) in [5.74, 6) is 0.276. The molecular weight excluding hydrogens is 358 g/mol. The van der Waals surface area contributed by atoms with Crippen molar-refractivity contribution in [2.75, 3.05) is 6.54 Å². The number of sulfonamides is 1. The topological polar surface area (TPSA) is 37.4 Å². The third-order valence-electron chi connectivity index (χ3n) is 5.11. The van der Waals surface area contributed by atoms with Gasteiger partial charge in [0.15, 0.2) is 0 Å². The maximum atomic E-state index is 13.4. The quantitative estimate of drug-likeness (QED) is 0.686. The minimum Gasteiger partial charge on any atom is -0.207 e. The van der Waals surface area contributed by atoms with E-state index < -0.39 is 18.1 Å². The van der Waals surface area contributed by atoms with Gasteiger partial charge in [0, 0.05) is 20.7 Å². The Bertz CT molecular complexity index is 842. The van der Waals surface area contributed by atoms with Gasteiger partial charge in [0.05, 0.1) is 4.90 Å². The molecule has 3 rings (SSSR count). The van der Waals surface area contributed by atoms with Crippen molar-refractivity contribution < 1.29 is 8.42 Å². The Morgan fingerprint density at radius 1 is 1.00 bits per heavy atom. The van der Waals surface area contributed by atoms with Crippen molar-refractivity contribution in [3.8, 4) is 0 Å². The van der Waals surface area contributed by atoms with Crippen molar-refractivity contribution >= 4 is 18.1 Å².